The third-order valence-electron chi connectivity index (χ3n) is 23.6. The minimum atomic E-state index is -0.518. The maximum absolute atomic E-state index is 7.07. The molecule has 0 unspecified atom stereocenters. The Kier molecular flexibility index (Phi) is 11.0. The van der Waals surface area contributed by atoms with Gasteiger partial charge in [-0.25, -0.2) is 0 Å². The van der Waals surface area contributed by atoms with E-state index in [1.54, 1.807) is 0 Å². The summed E-state index contributed by atoms with van der Waals surface area (Å²) in [4.78, 5) is 5.03. The summed E-state index contributed by atoms with van der Waals surface area (Å²) in [5.41, 5.74) is 29.4. The number of hydrogen-bond acceptors (Lipinski definition) is 5. The van der Waals surface area contributed by atoms with Crippen molar-refractivity contribution in [2.24, 2.45) is 0 Å². The highest BCUT2D eigenvalue weighted by Crippen LogP contribution is 2.67. The lowest BCUT2D eigenvalue weighted by atomic mass is 9.70. The third-order valence-corrected chi connectivity index (χ3v) is 24.8. The van der Waals surface area contributed by atoms with Gasteiger partial charge in [0.1, 0.15) is 16.7 Å². The van der Waals surface area contributed by atoms with Crippen LogP contribution in [-0.2, 0) is 10.8 Å². The number of furan rings is 2. The van der Waals surface area contributed by atoms with E-state index >= 15 is 0 Å². The zero-order chi connectivity index (χ0) is 67.0. The van der Waals surface area contributed by atoms with Gasteiger partial charge in [0.2, 0.25) is 0 Å². The summed E-state index contributed by atoms with van der Waals surface area (Å²) in [6, 6.07) is 127. The Balaban J connectivity index is 0.718. The van der Waals surface area contributed by atoms with Crippen molar-refractivity contribution in [3.05, 3.63) is 384 Å². The van der Waals surface area contributed by atoms with Crippen LogP contribution in [0.2, 0.25) is 0 Å². The molecule has 0 radical (unpaired) electrons. The molecule has 0 aliphatic heterocycles. The second-order valence-corrected chi connectivity index (χ2v) is 29.4. The average Bonchev–Trinajstić information content (AvgIpc) is 1.51. The van der Waals surface area contributed by atoms with Crippen LogP contribution in [0.4, 0.5) is 34.1 Å². The summed E-state index contributed by atoms with van der Waals surface area (Å²) in [6.07, 6.45) is 0. The standard InChI is InChI=1S/C98H56N2O2S/c1-2-23-61-60(22-1)72-52-57(99(58-47-50-91-75(53-58)68-29-10-17-44-89(68)101-91)86-41-20-39-84-94(86)70-30-7-15-37-82(70)97(84)78-33-11-3-24-63(78)64-25-4-12-34-79(64)97)46-49-62(72)74-56-93-77(55-73(61)74)76-54-59(48-51-92(76)103-93)100(88-43-19-32-69-67-28-9-18-45-90(67)102-96(69)88)87-42-21-40-85-95(87)71-31-8-16-38-83(71)98(85)80-35-13-5-26-65(80)66-27-6-14-36-81(66)98/h1-56H. The summed E-state index contributed by atoms with van der Waals surface area (Å²) in [6.45, 7) is 0. The molecule has 5 heteroatoms. The maximum Gasteiger partial charge on any atom is 0.159 e. The molecule has 0 saturated heterocycles. The number of para-hydroxylation sites is 3. The van der Waals surface area contributed by atoms with E-state index in [2.05, 4.69) is 350 Å². The Labute approximate surface area is 596 Å². The Hall–Kier alpha value is -13.1. The number of benzene rings is 17. The van der Waals surface area contributed by atoms with Crippen LogP contribution in [0.15, 0.2) is 349 Å². The zero-order valence-corrected chi connectivity index (χ0v) is 56.3. The molecule has 4 aliphatic carbocycles. The van der Waals surface area contributed by atoms with Crippen LogP contribution in [-0.4, -0.2) is 0 Å². The van der Waals surface area contributed by atoms with Gasteiger partial charge in [0.15, 0.2) is 5.58 Å². The van der Waals surface area contributed by atoms with E-state index in [1.807, 2.05) is 11.3 Å². The van der Waals surface area contributed by atoms with Gasteiger partial charge in [0, 0.05) is 69.9 Å². The van der Waals surface area contributed by atoms with Crippen molar-refractivity contribution in [1.29, 1.82) is 0 Å². The van der Waals surface area contributed by atoms with Gasteiger partial charge in [-0.3, -0.25) is 0 Å². The van der Waals surface area contributed by atoms with Gasteiger partial charge < -0.3 is 18.6 Å². The second-order valence-electron chi connectivity index (χ2n) is 28.3. The largest absolute Gasteiger partial charge is 0.456 e. The summed E-state index contributed by atoms with van der Waals surface area (Å²) in [5, 5.41) is 14.1. The van der Waals surface area contributed by atoms with Gasteiger partial charge >= 0.3 is 0 Å². The first kappa shape index (κ1) is 55.8. The molecule has 24 rings (SSSR count). The second kappa shape index (κ2) is 20.3. The molecule has 0 bridgehead atoms. The molecule has 0 amide bonds. The van der Waals surface area contributed by atoms with Gasteiger partial charge in [-0.2, -0.15) is 0 Å². The van der Waals surface area contributed by atoms with Crippen LogP contribution in [0, 0.1) is 0 Å². The summed E-state index contributed by atoms with van der Waals surface area (Å²) in [7, 11) is 0. The normalized spacial score (nSPS) is 13.8. The molecule has 20 aromatic rings. The lowest BCUT2D eigenvalue weighted by Gasteiger charge is -2.32. The van der Waals surface area contributed by atoms with E-state index in [-0.39, 0.29) is 0 Å². The Morgan fingerprint density at radius 1 is 0.214 bits per heavy atom. The molecule has 4 nitrogen and oxygen atoms in total. The molecular formula is C98H56N2O2S. The Bertz CT molecular complexity index is 7090. The van der Waals surface area contributed by atoms with Crippen LogP contribution >= 0.6 is 11.3 Å². The molecule has 0 fully saturated rings. The fourth-order valence-corrected chi connectivity index (χ4v) is 20.8. The molecule has 103 heavy (non-hydrogen) atoms. The quantitative estimate of drug-likeness (QED) is 0.155. The minimum Gasteiger partial charge on any atom is -0.456 e. The number of nitrogens with zero attached hydrogens (tertiary/aromatic N) is 2. The van der Waals surface area contributed by atoms with E-state index in [0.717, 1.165) is 78.0 Å². The molecule has 0 N–H and O–H groups in total. The minimum absolute atomic E-state index is 0.511. The predicted octanol–water partition coefficient (Wildman–Crippen LogP) is 26.9. The first-order valence-electron chi connectivity index (χ1n) is 35.6. The van der Waals surface area contributed by atoms with E-state index in [9.17, 15) is 0 Å². The zero-order valence-electron chi connectivity index (χ0n) is 55.5. The van der Waals surface area contributed by atoms with Crippen LogP contribution in [0.1, 0.15) is 44.5 Å². The third kappa shape index (κ3) is 7.14. The van der Waals surface area contributed by atoms with E-state index in [1.165, 1.54) is 142 Å². The van der Waals surface area contributed by atoms with Gasteiger partial charge in [0.05, 0.1) is 27.9 Å². The first-order valence-corrected chi connectivity index (χ1v) is 36.4. The fourth-order valence-electron chi connectivity index (χ4n) is 19.7. The molecule has 0 atom stereocenters. The molecule has 17 aromatic carbocycles. The van der Waals surface area contributed by atoms with Crippen LogP contribution in [0.5, 0.6) is 0 Å². The highest BCUT2D eigenvalue weighted by Gasteiger charge is 2.54. The highest BCUT2D eigenvalue weighted by atomic mass is 32.1. The van der Waals surface area contributed by atoms with E-state index in [0.29, 0.717) is 0 Å². The molecular weight excluding hydrogens is 1270 g/mol. The molecule has 2 spiro atoms. The van der Waals surface area contributed by atoms with Crippen molar-refractivity contribution in [2.45, 2.75) is 10.8 Å². The van der Waals surface area contributed by atoms with Crippen molar-refractivity contribution in [3.63, 3.8) is 0 Å². The number of hydrogen-bond donors (Lipinski definition) is 0. The number of anilines is 6. The highest BCUT2D eigenvalue weighted by molar-refractivity contribution is 7.26. The van der Waals surface area contributed by atoms with Crippen molar-refractivity contribution >= 4 is 142 Å². The predicted molar refractivity (Wildman–Crippen MR) is 428 cm³/mol. The molecule has 476 valence electrons. The topological polar surface area (TPSA) is 32.8 Å². The number of fused-ring (bicyclic) bond motifs is 35. The van der Waals surface area contributed by atoms with Gasteiger partial charge in [-0.05, 0) is 201 Å². The smallest absolute Gasteiger partial charge is 0.159 e. The summed E-state index contributed by atoms with van der Waals surface area (Å²) >= 11 is 1.88. The Morgan fingerprint density at radius 2 is 0.583 bits per heavy atom. The fraction of sp³-hybridized carbons (Fsp3) is 0.0204. The molecule has 3 aromatic heterocycles. The van der Waals surface area contributed by atoms with Crippen molar-refractivity contribution in [3.8, 4) is 44.5 Å². The van der Waals surface area contributed by atoms with Gasteiger partial charge in [0.25, 0.3) is 0 Å². The molecule has 4 aliphatic rings. The number of rotatable bonds is 6. The first-order chi connectivity index (χ1) is 51.1. The van der Waals surface area contributed by atoms with Crippen LogP contribution < -0.4 is 9.80 Å². The van der Waals surface area contributed by atoms with Crippen molar-refractivity contribution in [1.82, 2.24) is 0 Å². The SMILES string of the molecule is c1ccc2c(c1)-c1ccccc1C21c2ccccc2-c2c(N(c3ccc4oc5ccccc5c4c3)c3ccc4c(c3)c3ccccc3c3cc5c(cc43)sc3ccc(N(c4cccc6c4-c4ccccc4C64c6ccccc6-c6ccccc64)c4cccc6c4oc4ccccc46)cc35)cccc21. The summed E-state index contributed by atoms with van der Waals surface area (Å²) < 4.78 is 16.1. The lowest BCUT2D eigenvalue weighted by molar-refractivity contribution is 0.668. The Morgan fingerprint density at radius 3 is 1.17 bits per heavy atom. The van der Waals surface area contributed by atoms with Gasteiger partial charge in [-0.1, -0.05) is 249 Å². The maximum atomic E-state index is 7.07. The lowest BCUT2D eigenvalue weighted by Crippen LogP contribution is -2.26. The van der Waals surface area contributed by atoms with Crippen molar-refractivity contribution in [2.75, 3.05) is 9.80 Å². The van der Waals surface area contributed by atoms with Crippen LogP contribution in [0.25, 0.3) is 141 Å². The molecule has 3 heterocycles. The monoisotopic (exact) mass is 1320 g/mol. The van der Waals surface area contributed by atoms with Gasteiger partial charge in [-0.15, -0.1) is 11.3 Å². The van der Waals surface area contributed by atoms with E-state index in [4.69, 9.17) is 8.83 Å². The summed E-state index contributed by atoms with van der Waals surface area (Å²) in [5.74, 6) is 0. The van der Waals surface area contributed by atoms with Crippen molar-refractivity contribution < 1.29 is 8.83 Å². The van der Waals surface area contributed by atoms with Crippen LogP contribution in [0.3, 0.4) is 0 Å². The number of thiophene rings is 1. The average molecular weight is 1330 g/mol. The molecule has 0 saturated carbocycles. The van der Waals surface area contributed by atoms with E-state index < -0.39 is 10.8 Å².